The highest BCUT2D eigenvalue weighted by Gasteiger charge is 2.35. The minimum absolute atomic E-state index is 0.104. The van der Waals surface area contributed by atoms with Crippen molar-refractivity contribution in [3.63, 3.8) is 0 Å². The van der Waals surface area contributed by atoms with Crippen molar-refractivity contribution < 1.29 is 23.9 Å². The SMILES string of the molecule is C=CCN1C(=O)c2ccc(C(=O)N[C@H](C)C(=O)OC)cc2C1=O. The van der Waals surface area contributed by atoms with Gasteiger partial charge in [-0.15, -0.1) is 6.58 Å². The van der Waals surface area contributed by atoms with Crippen LogP contribution in [0.15, 0.2) is 30.9 Å². The van der Waals surface area contributed by atoms with E-state index >= 15 is 0 Å². The molecule has 23 heavy (non-hydrogen) atoms. The molecule has 1 atom stereocenters. The van der Waals surface area contributed by atoms with E-state index in [0.29, 0.717) is 0 Å². The second-order valence-corrected chi connectivity index (χ2v) is 4.99. The Morgan fingerprint density at radius 2 is 1.96 bits per heavy atom. The summed E-state index contributed by atoms with van der Waals surface area (Å²) in [6.45, 7) is 5.09. The van der Waals surface area contributed by atoms with Gasteiger partial charge in [-0.05, 0) is 25.1 Å². The van der Waals surface area contributed by atoms with Crippen molar-refractivity contribution in [2.75, 3.05) is 13.7 Å². The number of benzene rings is 1. The van der Waals surface area contributed by atoms with E-state index in [2.05, 4.69) is 16.6 Å². The van der Waals surface area contributed by atoms with Crippen LogP contribution in [0.1, 0.15) is 38.0 Å². The highest BCUT2D eigenvalue weighted by molar-refractivity contribution is 6.22. The average Bonchev–Trinajstić information content (AvgIpc) is 2.78. The van der Waals surface area contributed by atoms with Crippen molar-refractivity contribution in [1.82, 2.24) is 10.2 Å². The van der Waals surface area contributed by atoms with Crippen molar-refractivity contribution in [3.8, 4) is 0 Å². The Hall–Kier alpha value is -2.96. The number of rotatable bonds is 5. The molecule has 1 aliphatic rings. The van der Waals surface area contributed by atoms with Gasteiger partial charge in [0.15, 0.2) is 0 Å². The maximum absolute atomic E-state index is 12.2. The second kappa shape index (κ2) is 6.43. The molecule has 0 unspecified atom stereocenters. The molecule has 120 valence electrons. The minimum atomic E-state index is -0.824. The fourth-order valence-corrected chi connectivity index (χ4v) is 2.24. The molecule has 0 fully saturated rings. The van der Waals surface area contributed by atoms with Crippen LogP contribution in [0.4, 0.5) is 0 Å². The molecule has 1 N–H and O–H groups in total. The Morgan fingerprint density at radius 3 is 2.57 bits per heavy atom. The first-order valence-electron chi connectivity index (χ1n) is 6.90. The zero-order valence-electron chi connectivity index (χ0n) is 12.8. The number of imide groups is 1. The van der Waals surface area contributed by atoms with Gasteiger partial charge in [-0.25, -0.2) is 4.79 Å². The molecule has 1 heterocycles. The summed E-state index contributed by atoms with van der Waals surface area (Å²) in [5.41, 5.74) is 0.589. The number of nitrogens with one attached hydrogen (secondary N) is 1. The molecule has 0 saturated carbocycles. The summed E-state index contributed by atoms with van der Waals surface area (Å²) in [7, 11) is 1.22. The number of esters is 1. The normalized spacial score (nSPS) is 14.3. The molecule has 0 aliphatic carbocycles. The van der Waals surface area contributed by atoms with Crippen molar-refractivity contribution in [2.45, 2.75) is 13.0 Å². The zero-order valence-corrected chi connectivity index (χ0v) is 12.8. The molecule has 3 amide bonds. The Balaban J connectivity index is 2.25. The van der Waals surface area contributed by atoms with Gasteiger partial charge in [0.05, 0.1) is 18.2 Å². The third-order valence-corrected chi connectivity index (χ3v) is 3.45. The smallest absolute Gasteiger partial charge is 0.328 e. The van der Waals surface area contributed by atoms with Crippen LogP contribution in [0, 0.1) is 0 Å². The lowest BCUT2D eigenvalue weighted by atomic mass is 10.1. The number of fused-ring (bicyclic) bond motifs is 1. The fourth-order valence-electron chi connectivity index (χ4n) is 2.24. The van der Waals surface area contributed by atoms with Crippen LogP contribution in [-0.2, 0) is 9.53 Å². The molecule has 1 aliphatic heterocycles. The lowest BCUT2D eigenvalue weighted by Gasteiger charge is -2.11. The Bertz CT molecular complexity index is 710. The van der Waals surface area contributed by atoms with E-state index in [9.17, 15) is 19.2 Å². The van der Waals surface area contributed by atoms with Gasteiger partial charge in [-0.1, -0.05) is 6.08 Å². The summed E-state index contributed by atoms with van der Waals surface area (Å²) in [5, 5.41) is 2.46. The van der Waals surface area contributed by atoms with E-state index in [0.717, 1.165) is 4.90 Å². The minimum Gasteiger partial charge on any atom is -0.467 e. The Morgan fingerprint density at radius 1 is 1.30 bits per heavy atom. The highest BCUT2D eigenvalue weighted by Crippen LogP contribution is 2.24. The molecular formula is C16H16N2O5. The number of hydrogen-bond donors (Lipinski definition) is 1. The van der Waals surface area contributed by atoms with Crippen LogP contribution in [0.2, 0.25) is 0 Å². The third kappa shape index (κ3) is 2.98. The Kier molecular flexibility index (Phi) is 4.59. The quantitative estimate of drug-likeness (QED) is 0.492. The van der Waals surface area contributed by atoms with E-state index in [-0.39, 0.29) is 23.2 Å². The van der Waals surface area contributed by atoms with Crippen LogP contribution in [0.3, 0.4) is 0 Å². The van der Waals surface area contributed by atoms with Gasteiger partial charge >= 0.3 is 5.97 Å². The van der Waals surface area contributed by atoms with Crippen LogP contribution < -0.4 is 5.32 Å². The molecule has 0 aromatic heterocycles. The van der Waals surface area contributed by atoms with Crippen LogP contribution in [0.25, 0.3) is 0 Å². The standard InChI is InChI=1S/C16H16N2O5/c1-4-7-18-14(20)11-6-5-10(8-12(11)15(18)21)13(19)17-9(2)16(22)23-3/h4-6,8-9H,1,7H2,2-3H3,(H,17,19)/t9-/m1/s1. The molecule has 1 aromatic rings. The first-order chi connectivity index (χ1) is 10.9. The fraction of sp³-hybridized carbons (Fsp3) is 0.250. The lowest BCUT2D eigenvalue weighted by Crippen LogP contribution is -2.39. The van der Waals surface area contributed by atoms with Crippen LogP contribution >= 0.6 is 0 Å². The van der Waals surface area contributed by atoms with E-state index in [1.165, 1.54) is 38.3 Å². The van der Waals surface area contributed by atoms with Crippen molar-refractivity contribution in [1.29, 1.82) is 0 Å². The third-order valence-electron chi connectivity index (χ3n) is 3.45. The van der Waals surface area contributed by atoms with Crippen molar-refractivity contribution >= 4 is 23.7 Å². The van der Waals surface area contributed by atoms with E-state index < -0.39 is 29.7 Å². The summed E-state index contributed by atoms with van der Waals surface area (Å²) in [5.74, 6) is -2.00. The predicted octanol–water partition coefficient (Wildman–Crippen LogP) is 0.760. The summed E-state index contributed by atoms with van der Waals surface area (Å²) in [6, 6.07) is 3.38. The Labute approximate surface area is 132 Å². The number of carbonyl (C=O) groups is 4. The molecule has 7 nitrogen and oxygen atoms in total. The summed E-state index contributed by atoms with van der Waals surface area (Å²) in [6.07, 6.45) is 1.45. The lowest BCUT2D eigenvalue weighted by molar-refractivity contribution is -0.142. The molecule has 2 rings (SSSR count). The average molecular weight is 316 g/mol. The van der Waals surface area contributed by atoms with E-state index in [1.807, 2.05) is 0 Å². The first kappa shape index (κ1) is 16.4. The number of methoxy groups -OCH3 is 1. The van der Waals surface area contributed by atoms with E-state index in [1.54, 1.807) is 0 Å². The van der Waals surface area contributed by atoms with Gasteiger partial charge in [0.1, 0.15) is 6.04 Å². The van der Waals surface area contributed by atoms with Crippen LogP contribution in [0.5, 0.6) is 0 Å². The number of amides is 3. The van der Waals surface area contributed by atoms with Gasteiger partial charge in [-0.3, -0.25) is 19.3 Å². The van der Waals surface area contributed by atoms with Crippen molar-refractivity contribution in [3.05, 3.63) is 47.5 Å². The number of hydrogen-bond acceptors (Lipinski definition) is 5. The summed E-state index contributed by atoms with van der Waals surface area (Å²) >= 11 is 0. The van der Waals surface area contributed by atoms with Crippen molar-refractivity contribution in [2.24, 2.45) is 0 Å². The molecule has 0 radical (unpaired) electrons. The topological polar surface area (TPSA) is 92.8 Å². The monoisotopic (exact) mass is 316 g/mol. The van der Waals surface area contributed by atoms with Gasteiger partial charge in [0, 0.05) is 12.1 Å². The van der Waals surface area contributed by atoms with Gasteiger partial charge in [0.2, 0.25) is 0 Å². The molecule has 0 saturated heterocycles. The molecular weight excluding hydrogens is 300 g/mol. The summed E-state index contributed by atoms with van der Waals surface area (Å²) < 4.78 is 4.53. The van der Waals surface area contributed by atoms with Gasteiger partial charge in [0.25, 0.3) is 17.7 Å². The predicted molar refractivity (Wildman–Crippen MR) is 81.0 cm³/mol. The van der Waals surface area contributed by atoms with Gasteiger partial charge < -0.3 is 10.1 Å². The number of carbonyl (C=O) groups excluding carboxylic acids is 4. The first-order valence-corrected chi connectivity index (χ1v) is 6.90. The highest BCUT2D eigenvalue weighted by atomic mass is 16.5. The molecule has 1 aromatic carbocycles. The van der Waals surface area contributed by atoms with Crippen LogP contribution in [-0.4, -0.2) is 48.3 Å². The number of nitrogens with zero attached hydrogens (tertiary/aromatic N) is 1. The maximum atomic E-state index is 12.2. The van der Waals surface area contributed by atoms with E-state index in [4.69, 9.17) is 0 Å². The second-order valence-electron chi connectivity index (χ2n) is 4.99. The largest absolute Gasteiger partial charge is 0.467 e. The summed E-state index contributed by atoms with van der Waals surface area (Å²) in [4.78, 5) is 48.8. The molecule has 7 heteroatoms. The molecule has 0 spiro atoms. The van der Waals surface area contributed by atoms with Gasteiger partial charge in [-0.2, -0.15) is 0 Å². The zero-order chi connectivity index (χ0) is 17.1. The maximum Gasteiger partial charge on any atom is 0.328 e. The molecule has 0 bridgehead atoms. The number of ether oxygens (including phenoxy) is 1.